The van der Waals surface area contributed by atoms with E-state index in [0.29, 0.717) is 5.76 Å². The van der Waals surface area contributed by atoms with Crippen molar-refractivity contribution in [2.75, 3.05) is 0 Å². The van der Waals surface area contributed by atoms with Gasteiger partial charge in [0.2, 0.25) is 0 Å². The zero-order valence-electron chi connectivity index (χ0n) is 7.11. The molecule has 0 saturated heterocycles. The minimum Gasteiger partial charge on any atom is -1.00 e. The van der Waals surface area contributed by atoms with Gasteiger partial charge in [0, 0.05) is 0 Å². The van der Waals surface area contributed by atoms with Crippen LogP contribution in [0.2, 0.25) is 5.02 Å². The van der Waals surface area contributed by atoms with Crippen LogP contribution in [0.1, 0.15) is 20.8 Å². The summed E-state index contributed by atoms with van der Waals surface area (Å²) < 4.78 is 5.26. The van der Waals surface area contributed by atoms with Crippen LogP contribution in [-0.4, -0.2) is 11.5 Å². The van der Waals surface area contributed by atoms with Crippen LogP contribution in [-0.2, 0) is 27.8 Å². The maximum atomic E-state index is 10.1. The van der Waals surface area contributed by atoms with Gasteiger partial charge in [0.15, 0.2) is 0 Å². The molecule has 4 heteroatoms. The molecule has 0 radical (unpaired) electrons. The van der Waals surface area contributed by atoms with E-state index in [0.717, 1.165) is 23.3 Å². The van der Waals surface area contributed by atoms with Crippen molar-refractivity contribution in [3.63, 3.8) is 0 Å². The molecule has 2 nitrogen and oxygen atoms in total. The standard InChI is InChI=1S/C7H11O2.BrH.Zn/c1-6(5-8)9-7(2,3)4;;/h1H2,2-4H3;1H;/q;;+1/p-1. The van der Waals surface area contributed by atoms with E-state index in [9.17, 15) is 4.79 Å². The summed E-state index contributed by atoms with van der Waals surface area (Å²) in [6.07, 6.45) is 0. The van der Waals surface area contributed by atoms with Crippen LogP contribution >= 0.6 is 0 Å². The van der Waals surface area contributed by atoms with Gasteiger partial charge in [-0.1, -0.05) is 0 Å². The molecule has 0 aromatic carbocycles. The molecule has 0 fully saturated rings. The summed E-state index contributed by atoms with van der Waals surface area (Å²) in [5.41, 5.74) is -0.255. The Labute approximate surface area is 87.8 Å². The van der Waals surface area contributed by atoms with Gasteiger partial charge >= 0.3 is 70.9 Å². The number of hydrogen-bond acceptors (Lipinski definition) is 2. The Balaban J connectivity index is 0. The average Bonchev–Trinajstić information content (AvgIpc) is 1.81. The molecule has 0 aromatic rings. The molecule has 0 aliphatic heterocycles. The fourth-order valence-electron chi connectivity index (χ4n) is 0.492. The molecule has 11 heavy (non-hydrogen) atoms. The third-order valence-electron chi connectivity index (χ3n) is 0.770. The van der Waals surface area contributed by atoms with E-state index in [2.05, 4.69) is 0 Å². The first-order chi connectivity index (χ1) is 4.49. The first-order valence-corrected chi connectivity index (χ1v) is 5.31. The zero-order chi connectivity index (χ0) is 8.20. The normalized spacial score (nSPS) is 9.55. The van der Waals surface area contributed by atoms with Gasteiger partial charge in [0.25, 0.3) is 0 Å². The number of carbonyl (C=O) groups excluding carboxylic acids is 1. The largest absolute Gasteiger partial charge is 1.00 e. The second-order valence-electron chi connectivity index (χ2n) is 2.99. The van der Waals surface area contributed by atoms with Crippen molar-refractivity contribution in [2.45, 2.75) is 31.4 Å². The van der Waals surface area contributed by atoms with Crippen LogP contribution < -0.4 is 17.0 Å². The summed E-state index contributed by atoms with van der Waals surface area (Å²) in [4.78, 5) is 10.1. The second-order valence-corrected chi connectivity index (χ2v) is 4.04. The summed E-state index contributed by atoms with van der Waals surface area (Å²) in [6, 6.07) is 0. The Bertz CT molecular complexity index is 156. The molecule has 0 aliphatic rings. The molecule has 0 spiro atoms. The summed E-state index contributed by atoms with van der Waals surface area (Å²) in [7, 11) is 0. The minimum atomic E-state index is -0.255. The van der Waals surface area contributed by atoms with E-state index < -0.39 is 0 Å². The zero-order valence-corrected chi connectivity index (χ0v) is 11.7. The molecule has 0 heterocycles. The summed E-state index contributed by atoms with van der Waals surface area (Å²) >= 11 is 1.04. The van der Waals surface area contributed by atoms with Crippen LogP contribution in [0.25, 0.3) is 0 Å². The summed E-state index contributed by atoms with van der Waals surface area (Å²) in [5.74, 6) is 2.24. The van der Waals surface area contributed by atoms with E-state index >= 15 is 0 Å². The molecule has 0 atom stereocenters. The fraction of sp³-hybridized carbons (Fsp3) is 0.714. The van der Waals surface area contributed by atoms with Crippen molar-refractivity contribution in [3.05, 3.63) is 5.76 Å². The van der Waals surface area contributed by atoms with Crippen molar-refractivity contribution >= 4 is 5.94 Å². The maximum absolute atomic E-state index is 10.1. The molecule has 0 bridgehead atoms. The van der Waals surface area contributed by atoms with Crippen molar-refractivity contribution in [3.8, 4) is 0 Å². The average molecular weight is 272 g/mol. The SMILES string of the molecule is CC(C)(C)OC(=C=O)[CH2][Zn+].[Br-]. The Morgan fingerprint density at radius 3 is 2.09 bits per heavy atom. The molecule has 0 unspecified atom stereocenters. The van der Waals surface area contributed by atoms with Gasteiger partial charge in [-0.2, -0.15) is 0 Å². The quantitative estimate of drug-likeness (QED) is 0.347. The van der Waals surface area contributed by atoms with Crippen LogP contribution in [0.3, 0.4) is 0 Å². The maximum Gasteiger partial charge on any atom is -1.00 e. The third-order valence-corrected chi connectivity index (χ3v) is 1.72. The van der Waals surface area contributed by atoms with Crippen LogP contribution in [0, 0.1) is 0 Å². The van der Waals surface area contributed by atoms with Gasteiger partial charge < -0.3 is 17.0 Å². The van der Waals surface area contributed by atoms with E-state index in [-0.39, 0.29) is 22.6 Å². The van der Waals surface area contributed by atoms with Crippen molar-refractivity contribution in [2.24, 2.45) is 0 Å². The van der Waals surface area contributed by atoms with Gasteiger partial charge in [0.1, 0.15) is 0 Å². The Morgan fingerprint density at radius 1 is 1.55 bits per heavy atom. The third kappa shape index (κ3) is 8.26. The molecule has 0 N–H and O–H groups in total. The van der Waals surface area contributed by atoms with Gasteiger partial charge in [-0.15, -0.1) is 0 Å². The summed E-state index contributed by atoms with van der Waals surface area (Å²) in [6.45, 7) is 5.75. The minimum absolute atomic E-state index is 0. The first kappa shape index (κ1) is 13.9. The first-order valence-electron chi connectivity index (χ1n) is 3.22. The van der Waals surface area contributed by atoms with Gasteiger partial charge in [-0.05, 0) is 0 Å². The van der Waals surface area contributed by atoms with Crippen LogP contribution in [0.5, 0.6) is 0 Å². The molecular formula is C7H11BrO2Zn. The molecule has 0 saturated carbocycles. The smallest absolute Gasteiger partial charge is 1.00 e. The molecule has 0 aliphatic carbocycles. The van der Waals surface area contributed by atoms with Gasteiger partial charge in [0.05, 0.1) is 0 Å². The van der Waals surface area contributed by atoms with E-state index in [1.165, 1.54) is 0 Å². The molecule has 0 amide bonds. The monoisotopic (exact) mass is 270 g/mol. The Hall–Kier alpha value is 0.353. The van der Waals surface area contributed by atoms with Crippen molar-refractivity contribution < 1.29 is 44.8 Å². The van der Waals surface area contributed by atoms with E-state index in [1.54, 1.807) is 5.94 Å². The second kappa shape index (κ2) is 5.94. The fourth-order valence-corrected chi connectivity index (χ4v) is 0.921. The van der Waals surface area contributed by atoms with Crippen LogP contribution in [0.15, 0.2) is 5.76 Å². The summed E-state index contributed by atoms with van der Waals surface area (Å²) in [5, 5.41) is 0.737. The predicted molar refractivity (Wildman–Crippen MR) is 34.9 cm³/mol. The van der Waals surface area contributed by atoms with Gasteiger partial charge in [-0.25, -0.2) is 0 Å². The number of rotatable bonds is 2. The molecule has 0 aromatic heterocycles. The van der Waals surface area contributed by atoms with Crippen LogP contribution in [0.4, 0.5) is 0 Å². The van der Waals surface area contributed by atoms with Crippen molar-refractivity contribution in [1.29, 1.82) is 0 Å². The number of hydrogen-bond donors (Lipinski definition) is 0. The van der Waals surface area contributed by atoms with Crippen molar-refractivity contribution in [1.82, 2.24) is 0 Å². The van der Waals surface area contributed by atoms with E-state index in [4.69, 9.17) is 4.74 Å². The Morgan fingerprint density at radius 2 is 2.00 bits per heavy atom. The topological polar surface area (TPSA) is 26.3 Å². The Kier molecular flexibility index (Phi) is 7.51. The number of ether oxygens (including phenoxy) is 1. The number of allylic oxidation sites excluding steroid dienone is 1. The molecule has 0 rings (SSSR count). The molecular weight excluding hydrogens is 261 g/mol. The molecule has 60 valence electrons. The predicted octanol–water partition coefficient (Wildman–Crippen LogP) is -1.51. The van der Waals surface area contributed by atoms with E-state index in [1.807, 2.05) is 20.8 Å². The van der Waals surface area contributed by atoms with Gasteiger partial charge in [-0.3, -0.25) is 0 Å². The number of halogens is 1.